The van der Waals surface area contributed by atoms with Gasteiger partial charge in [0.2, 0.25) is 0 Å². The van der Waals surface area contributed by atoms with E-state index in [9.17, 15) is 0 Å². The van der Waals surface area contributed by atoms with Crippen LogP contribution >= 0.6 is 0 Å². The van der Waals surface area contributed by atoms with E-state index in [0.29, 0.717) is 0 Å². The second-order valence-corrected chi connectivity index (χ2v) is 15.2. The molecule has 0 spiro atoms. The van der Waals surface area contributed by atoms with Gasteiger partial charge in [-0.1, -0.05) is 178 Å². The summed E-state index contributed by atoms with van der Waals surface area (Å²) in [4.78, 5) is 2.53. The summed E-state index contributed by atoms with van der Waals surface area (Å²) in [6, 6.07) is 72.0. The van der Waals surface area contributed by atoms with Gasteiger partial charge in [0.05, 0.1) is 22.4 Å². The smallest absolute Gasteiger partial charge is 0.122 e. The van der Waals surface area contributed by atoms with Gasteiger partial charge in [0.25, 0.3) is 0 Å². The third-order valence-electron chi connectivity index (χ3n) is 12.2. The van der Waals surface area contributed by atoms with Crippen LogP contribution in [0.5, 0.6) is 0 Å². The first-order valence-electron chi connectivity index (χ1n) is 19.0. The monoisotopic (exact) mass is 690 g/mol. The van der Waals surface area contributed by atoms with Crippen molar-refractivity contribution in [2.24, 2.45) is 0 Å². The summed E-state index contributed by atoms with van der Waals surface area (Å²) in [5, 5.41) is 2.47. The van der Waals surface area contributed by atoms with E-state index < -0.39 is 5.54 Å². The fourth-order valence-electron chi connectivity index (χ4n) is 10.0. The third-order valence-corrected chi connectivity index (χ3v) is 12.2. The average Bonchev–Trinajstić information content (AvgIpc) is 3.81. The van der Waals surface area contributed by atoms with Crippen LogP contribution in [0.25, 0.3) is 44.1 Å². The summed E-state index contributed by atoms with van der Waals surface area (Å²) in [6.07, 6.45) is 0. The molecule has 11 rings (SSSR count). The minimum Gasteiger partial charge on any atom is -0.320 e. The molecule has 2 aliphatic rings. The van der Waals surface area contributed by atoms with Crippen molar-refractivity contribution in [2.45, 2.75) is 24.8 Å². The van der Waals surface area contributed by atoms with Crippen LogP contribution in [-0.2, 0) is 11.0 Å². The molecule has 0 saturated heterocycles. The second kappa shape index (κ2) is 11.4. The first-order chi connectivity index (χ1) is 26.6. The number of para-hydroxylation sites is 3. The molecule has 0 amide bonds. The van der Waals surface area contributed by atoms with Crippen molar-refractivity contribution in [2.75, 3.05) is 4.90 Å². The van der Waals surface area contributed by atoms with E-state index in [1.807, 2.05) is 0 Å². The van der Waals surface area contributed by atoms with E-state index in [0.717, 1.165) is 11.4 Å². The molecule has 0 aliphatic heterocycles. The van der Waals surface area contributed by atoms with Crippen molar-refractivity contribution in [3.05, 3.63) is 222 Å². The molecule has 0 fully saturated rings. The van der Waals surface area contributed by atoms with Gasteiger partial charge >= 0.3 is 0 Å². The van der Waals surface area contributed by atoms with E-state index in [-0.39, 0.29) is 5.41 Å². The molecule has 0 saturated carbocycles. The lowest BCUT2D eigenvalue weighted by atomic mass is 9.80. The minimum absolute atomic E-state index is 0.125. The van der Waals surface area contributed by atoms with E-state index in [2.05, 4.69) is 217 Å². The third kappa shape index (κ3) is 4.00. The molecule has 54 heavy (non-hydrogen) atoms. The van der Waals surface area contributed by atoms with Crippen molar-refractivity contribution in [1.29, 1.82) is 0 Å². The highest BCUT2D eigenvalue weighted by molar-refractivity contribution is 6.15. The molecule has 256 valence electrons. The SMILES string of the molecule is CC1(C)c2ccccc2-c2c(N(c3ccccc3)c3cccc4c5ccccc5n(C5(c6ccccc6)c6ccccc6-c6ccccc65)c34)cccc21. The lowest BCUT2D eigenvalue weighted by molar-refractivity contribution is 0.564. The van der Waals surface area contributed by atoms with E-state index in [1.165, 1.54) is 77.6 Å². The van der Waals surface area contributed by atoms with Crippen LogP contribution in [0, 0.1) is 0 Å². The van der Waals surface area contributed by atoms with Crippen molar-refractivity contribution < 1.29 is 0 Å². The number of aromatic nitrogens is 1. The van der Waals surface area contributed by atoms with Crippen LogP contribution in [0.2, 0.25) is 0 Å². The van der Waals surface area contributed by atoms with Gasteiger partial charge in [-0.3, -0.25) is 0 Å². The fraction of sp³-hybridized carbons (Fsp3) is 0.0769. The Morgan fingerprint density at radius 3 is 1.65 bits per heavy atom. The summed E-state index contributed by atoms with van der Waals surface area (Å²) in [7, 11) is 0. The molecule has 2 aliphatic carbocycles. The summed E-state index contributed by atoms with van der Waals surface area (Å²) in [5.74, 6) is 0. The van der Waals surface area contributed by atoms with Crippen LogP contribution in [0.4, 0.5) is 17.1 Å². The van der Waals surface area contributed by atoms with Crippen molar-refractivity contribution in [1.82, 2.24) is 4.57 Å². The molecular weight excluding hydrogens is 653 g/mol. The zero-order valence-corrected chi connectivity index (χ0v) is 30.4. The number of fused-ring (bicyclic) bond motifs is 9. The predicted octanol–water partition coefficient (Wildman–Crippen LogP) is 13.4. The van der Waals surface area contributed by atoms with Crippen molar-refractivity contribution in [3.8, 4) is 22.3 Å². The lowest BCUT2D eigenvalue weighted by Gasteiger charge is -2.38. The van der Waals surface area contributed by atoms with E-state index in [1.54, 1.807) is 0 Å². The van der Waals surface area contributed by atoms with Gasteiger partial charge < -0.3 is 9.47 Å². The molecular formula is C52H38N2. The summed E-state index contributed by atoms with van der Waals surface area (Å²) < 4.78 is 2.68. The number of nitrogens with zero attached hydrogens (tertiary/aromatic N) is 2. The van der Waals surface area contributed by atoms with Crippen LogP contribution in [0.1, 0.15) is 41.7 Å². The molecule has 1 heterocycles. The maximum absolute atomic E-state index is 2.68. The molecule has 9 aromatic rings. The summed E-state index contributed by atoms with van der Waals surface area (Å²) >= 11 is 0. The van der Waals surface area contributed by atoms with Gasteiger partial charge in [0, 0.05) is 27.4 Å². The van der Waals surface area contributed by atoms with Gasteiger partial charge in [-0.2, -0.15) is 0 Å². The normalized spacial score (nSPS) is 14.4. The number of anilines is 3. The zero-order valence-electron chi connectivity index (χ0n) is 30.4. The van der Waals surface area contributed by atoms with Crippen LogP contribution in [0.3, 0.4) is 0 Å². The standard InChI is InChI=1S/C52H38N2/c1-51(2)42-28-13-11-26-41(42)49-45(51)31-18-33-47(49)53(36-21-7-4-8-22-36)48-34-17-27-40-39-25-12-16-32-46(39)54(50(40)48)52(35-19-5-3-6-20-35)43-29-14-9-23-37(43)38-24-10-15-30-44(38)52/h3-34H,1-2H3. The molecule has 1 aromatic heterocycles. The van der Waals surface area contributed by atoms with Crippen LogP contribution in [0.15, 0.2) is 194 Å². The van der Waals surface area contributed by atoms with E-state index in [4.69, 9.17) is 0 Å². The summed E-state index contributed by atoms with van der Waals surface area (Å²) in [5.41, 5.74) is 16.8. The molecule has 0 unspecified atom stereocenters. The zero-order chi connectivity index (χ0) is 36.0. The Morgan fingerprint density at radius 1 is 0.407 bits per heavy atom. The molecule has 0 N–H and O–H groups in total. The van der Waals surface area contributed by atoms with Gasteiger partial charge in [0.1, 0.15) is 5.54 Å². The molecule has 8 aromatic carbocycles. The Bertz CT molecular complexity index is 2870. The lowest BCUT2D eigenvalue weighted by Crippen LogP contribution is -2.36. The predicted molar refractivity (Wildman–Crippen MR) is 225 cm³/mol. The first kappa shape index (κ1) is 30.9. The second-order valence-electron chi connectivity index (χ2n) is 15.2. The Hall–Kier alpha value is -6.64. The van der Waals surface area contributed by atoms with Gasteiger partial charge in [-0.25, -0.2) is 0 Å². The van der Waals surface area contributed by atoms with Crippen molar-refractivity contribution in [3.63, 3.8) is 0 Å². The fourth-order valence-corrected chi connectivity index (χ4v) is 10.0. The Labute approximate surface area is 316 Å². The highest BCUT2D eigenvalue weighted by atomic mass is 15.2. The Balaban J connectivity index is 1.33. The number of rotatable bonds is 5. The van der Waals surface area contributed by atoms with Crippen molar-refractivity contribution >= 4 is 38.9 Å². The topological polar surface area (TPSA) is 8.17 Å². The van der Waals surface area contributed by atoms with Gasteiger partial charge in [-0.15, -0.1) is 0 Å². The average molecular weight is 691 g/mol. The highest BCUT2D eigenvalue weighted by Crippen LogP contribution is 2.58. The first-order valence-corrected chi connectivity index (χ1v) is 19.0. The Morgan fingerprint density at radius 2 is 0.926 bits per heavy atom. The largest absolute Gasteiger partial charge is 0.320 e. The molecule has 0 radical (unpaired) electrons. The number of hydrogen-bond acceptors (Lipinski definition) is 1. The number of hydrogen-bond donors (Lipinski definition) is 0. The van der Waals surface area contributed by atoms with Crippen LogP contribution < -0.4 is 4.90 Å². The Kier molecular flexibility index (Phi) is 6.55. The molecule has 2 heteroatoms. The van der Waals surface area contributed by atoms with E-state index >= 15 is 0 Å². The molecule has 0 atom stereocenters. The molecule has 2 nitrogen and oxygen atoms in total. The maximum Gasteiger partial charge on any atom is 0.122 e. The number of benzene rings is 8. The molecule has 0 bridgehead atoms. The van der Waals surface area contributed by atoms with Gasteiger partial charge in [0.15, 0.2) is 0 Å². The summed E-state index contributed by atoms with van der Waals surface area (Å²) in [6.45, 7) is 4.73. The van der Waals surface area contributed by atoms with Crippen LogP contribution in [-0.4, -0.2) is 4.57 Å². The van der Waals surface area contributed by atoms with Gasteiger partial charge in [-0.05, 0) is 74.8 Å². The quantitative estimate of drug-likeness (QED) is 0.175. The maximum atomic E-state index is 2.68. The minimum atomic E-state index is -0.651. The highest BCUT2D eigenvalue weighted by Gasteiger charge is 2.48.